The van der Waals surface area contributed by atoms with Crippen LogP contribution < -0.4 is 4.90 Å². The monoisotopic (exact) mass is 386 g/mol. The molecule has 0 spiro atoms. The number of carbonyl (C=O) groups is 1. The summed E-state index contributed by atoms with van der Waals surface area (Å²) in [6, 6.07) is 13.9. The SMILES string of the molecule is O=C(CCN1CCCCCC1)N1c2ccccc2Sc2ccc(Cl)cc21. The number of hydrogen-bond acceptors (Lipinski definition) is 3. The van der Waals surface area contributed by atoms with Gasteiger partial charge in [0.25, 0.3) is 0 Å². The third-order valence-electron chi connectivity index (χ3n) is 5.08. The van der Waals surface area contributed by atoms with Crippen molar-refractivity contribution in [3.05, 3.63) is 47.5 Å². The normalized spacial score (nSPS) is 17.3. The lowest BCUT2D eigenvalue weighted by atomic mass is 10.2. The zero-order valence-corrected chi connectivity index (χ0v) is 16.4. The Labute approximate surface area is 164 Å². The van der Waals surface area contributed by atoms with E-state index in [4.69, 9.17) is 11.6 Å². The Balaban J connectivity index is 1.58. The molecule has 1 amide bonds. The molecule has 2 aromatic carbocycles. The molecule has 136 valence electrons. The van der Waals surface area contributed by atoms with Crippen molar-refractivity contribution >= 4 is 40.6 Å². The number of benzene rings is 2. The van der Waals surface area contributed by atoms with Crippen LogP contribution in [0.25, 0.3) is 0 Å². The van der Waals surface area contributed by atoms with Crippen molar-refractivity contribution in [2.45, 2.75) is 41.9 Å². The molecular formula is C21H23ClN2OS. The highest BCUT2D eigenvalue weighted by atomic mass is 35.5. The predicted octanol–water partition coefficient (Wildman–Crippen LogP) is 5.74. The Morgan fingerprint density at radius 1 is 0.962 bits per heavy atom. The van der Waals surface area contributed by atoms with E-state index in [1.54, 1.807) is 11.8 Å². The summed E-state index contributed by atoms with van der Waals surface area (Å²) in [5, 5.41) is 0.661. The molecule has 26 heavy (non-hydrogen) atoms. The summed E-state index contributed by atoms with van der Waals surface area (Å²) < 4.78 is 0. The molecule has 1 fully saturated rings. The Bertz CT molecular complexity index is 802. The Morgan fingerprint density at radius 3 is 2.50 bits per heavy atom. The minimum Gasteiger partial charge on any atom is -0.303 e. The van der Waals surface area contributed by atoms with Crippen molar-refractivity contribution in [2.75, 3.05) is 24.5 Å². The van der Waals surface area contributed by atoms with Gasteiger partial charge in [0.15, 0.2) is 0 Å². The molecule has 1 saturated heterocycles. The van der Waals surface area contributed by atoms with Gasteiger partial charge in [-0.05, 0) is 56.3 Å². The number of fused-ring (bicyclic) bond motifs is 2. The van der Waals surface area contributed by atoms with Gasteiger partial charge in [-0.2, -0.15) is 0 Å². The molecule has 2 aliphatic rings. The van der Waals surface area contributed by atoms with Crippen LogP contribution in [0.15, 0.2) is 52.3 Å². The molecule has 0 N–H and O–H groups in total. The van der Waals surface area contributed by atoms with Crippen molar-refractivity contribution in [3.63, 3.8) is 0 Å². The van der Waals surface area contributed by atoms with Crippen molar-refractivity contribution in [1.82, 2.24) is 4.90 Å². The molecule has 0 unspecified atom stereocenters. The fourth-order valence-electron chi connectivity index (χ4n) is 3.72. The highest BCUT2D eigenvalue weighted by Crippen LogP contribution is 2.48. The molecule has 0 aliphatic carbocycles. The first-order chi connectivity index (χ1) is 12.7. The van der Waals surface area contributed by atoms with Crippen LogP contribution >= 0.6 is 23.4 Å². The maximum Gasteiger partial charge on any atom is 0.232 e. The second-order valence-electron chi connectivity index (χ2n) is 6.92. The number of halogens is 1. The molecule has 0 aromatic heterocycles. The Hall–Kier alpha value is -1.49. The van der Waals surface area contributed by atoms with Gasteiger partial charge in [0.2, 0.25) is 5.91 Å². The number of para-hydroxylation sites is 1. The van der Waals surface area contributed by atoms with E-state index in [1.807, 2.05) is 41.3 Å². The summed E-state index contributed by atoms with van der Waals surface area (Å²) in [6.07, 6.45) is 5.65. The number of carbonyl (C=O) groups excluding carboxylic acids is 1. The number of rotatable bonds is 3. The standard InChI is InChI=1S/C21H23ClN2OS/c22-16-9-10-20-18(15-16)24(17-7-3-4-8-19(17)26-20)21(25)11-14-23-12-5-1-2-6-13-23/h3-4,7-10,15H,1-2,5-6,11-14H2. The summed E-state index contributed by atoms with van der Waals surface area (Å²) in [4.78, 5) is 19.7. The molecule has 4 rings (SSSR count). The zero-order valence-electron chi connectivity index (χ0n) is 14.8. The number of amides is 1. The number of anilines is 2. The number of hydrogen-bond donors (Lipinski definition) is 0. The smallest absolute Gasteiger partial charge is 0.232 e. The first kappa shape index (κ1) is 17.9. The number of likely N-dealkylation sites (tertiary alicyclic amines) is 1. The van der Waals surface area contributed by atoms with Crippen LogP contribution in [-0.2, 0) is 4.79 Å². The van der Waals surface area contributed by atoms with Gasteiger partial charge in [-0.1, -0.05) is 48.3 Å². The molecule has 5 heteroatoms. The highest BCUT2D eigenvalue weighted by molar-refractivity contribution is 7.99. The first-order valence-electron chi connectivity index (χ1n) is 9.34. The average Bonchev–Trinajstić information content (AvgIpc) is 2.93. The summed E-state index contributed by atoms with van der Waals surface area (Å²) in [5.74, 6) is 0.144. The minimum atomic E-state index is 0.144. The van der Waals surface area contributed by atoms with Crippen molar-refractivity contribution in [1.29, 1.82) is 0 Å². The number of nitrogens with zero attached hydrogens (tertiary/aromatic N) is 2. The van der Waals surface area contributed by atoms with Crippen LogP contribution in [-0.4, -0.2) is 30.4 Å². The lowest BCUT2D eigenvalue weighted by molar-refractivity contribution is -0.118. The van der Waals surface area contributed by atoms with Gasteiger partial charge in [0, 0.05) is 27.8 Å². The van der Waals surface area contributed by atoms with Crippen molar-refractivity contribution in [2.24, 2.45) is 0 Å². The van der Waals surface area contributed by atoms with Gasteiger partial charge in [-0.25, -0.2) is 0 Å². The third kappa shape index (κ3) is 3.78. The quantitative estimate of drug-likeness (QED) is 0.672. The van der Waals surface area contributed by atoms with Crippen molar-refractivity contribution in [3.8, 4) is 0 Å². The molecular weight excluding hydrogens is 364 g/mol. The van der Waals surface area contributed by atoms with E-state index in [-0.39, 0.29) is 5.91 Å². The van der Waals surface area contributed by atoms with Crippen molar-refractivity contribution < 1.29 is 4.79 Å². The fourth-order valence-corrected chi connectivity index (χ4v) is 4.93. The van der Waals surface area contributed by atoms with E-state index in [0.29, 0.717) is 11.4 Å². The lowest BCUT2D eigenvalue weighted by Crippen LogP contribution is -2.33. The maximum absolute atomic E-state index is 13.2. The van der Waals surface area contributed by atoms with E-state index >= 15 is 0 Å². The summed E-state index contributed by atoms with van der Waals surface area (Å²) in [6.45, 7) is 3.06. The molecule has 2 aliphatic heterocycles. The minimum absolute atomic E-state index is 0.144. The van der Waals surface area contributed by atoms with Gasteiger partial charge in [-0.3, -0.25) is 9.69 Å². The van der Waals surface area contributed by atoms with Crippen LogP contribution in [0.4, 0.5) is 11.4 Å². The van der Waals surface area contributed by atoms with E-state index < -0.39 is 0 Å². The Kier molecular flexibility index (Phi) is 5.53. The molecule has 2 heterocycles. The average molecular weight is 387 g/mol. The van der Waals surface area contributed by atoms with Crippen LogP contribution in [0.3, 0.4) is 0 Å². The molecule has 0 radical (unpaired) electrons. The van der Waals surface area contributed by atoms with E-state index in [0.717, 1.165) is 40.8 Å². The second-order valence-corrected chi connectivity index (χ2v) is 8.44. The topological polar surface area (TPSA) is 23.6 Å². The van der Waals surface area contributed by atoms with Crippen LogP contribution in [0.1, 0.15) is 32.1 Å². The first-order valence-corrected chi connectivity index (χ1v) is 10.5. The summed E-state index contributed by atoms with van der Waals surface area (Å²) in [7, 11) is 0. The zero-order chi connectivity index (χ0) is 17.9. The summed E-state index contributed by atoms with van der Waals surface area (Å²) in [5.41, 5.74) is 1.87. The molecule has 2 aromatic rings. The van der Waals surface area contributed by atoms with Crippen LogP contribution in [0, 0.1) is 0 Å². The Morgan fingerprint density at radius 2 is 1.69 bits per heavy atom. The van der Waals surface area contributed by atoms with E-state index in [9.17, 15) is 4.79 Å². The molecule has 0 atom stereocenters. The second kappa shape index (κ2) is 8.03. The third-order valence-corrected chi connectivity index (χ3v) is 6.44. The fraction of sp³-hybridized carbons (Fsp3) is 0.381. The van der Waals surface area contributed by atoms with Gasteiger partial charge in [0.05, 0.1) is 11.4 Å². The van der Waals surface area contributed by atoms with E-state index in [1.165, 1.54) is 25.7 Å². The molecule has 0 saturated carbocycles. The van der Waals surface area contributed by atoms with Gasteiger partial charge >= 0.3 is 0 Å². The highest BCUT2D eigenvalue weighted by Gasteiger charge is 2.28. The van der Waals surface area contributed by atoms with E-state index in [2.05, 4.69) is 11.0 Å². The summed E-state index contributed by atoms with van der Waals surface area (Å²) >= 11 is 7.93. The van der Waals surface area contributed by atoms with Gasteiger partial charge in [0.1, 0.15) is 0 Å². The van der Waals surface area contributed by atoms with Crippen LogP contribution in [0.5, 0.6) is 0 Å². The molecule has 0 bridgehead atoms. The van der Waals surface area contributed by atoms with Crippen LogP contribution in [0.2, 0.25) is 5.02 Å². The predicted molar refractivity (Wildman–Crippen MR) is 109 cm³/mol. The van der Waals surface area contributed by atoms with Gasteiger partial charge in [-0.15, -0.1) is 0 Å². The van der Waals surface area contributed by atoms with Gasteiger partial charge < -0.3 is 4.90 Å². The largest absolute Gasteiger partial charge is 0.303 e. The molecule has 3 nitrogen and oxygen atoms in total. The lowest BCUT2D eigenvalue weighted by Gasteiger charge is -2.32. The maximum atomic E-state index is 13.2.